The molecule has 0 spiro atoms. The SMILES string of the molecule is Fc1ccc(NCc2ccccc2C2CC2)cc1Br. The maximum absolute atomic E-state index is 13.2. The fraction of sp³-hybridized carbons (Fsp3) is 0.250. The molecule has 1 aliphatic rings. The fourth-order valence-corrected chi connectivity index (χ4v) is 2.67. The third-order valence-corrected chi connectivity index (χ3v) is 4.08. The highest BCUT2D eigenvalue weighted by molar-refractivity contribution is 9.10. The first-order valence-corrected chi connectivity index (χ1v) is 7.30. The van der Waals surface area contributed by atoms with Crippen LogP contribution in [0.2, 0.25) is 0 Å². The van der Waals surface area contributed by atoms with Gasteiger partial charge in [0.2, 0.25) is 0 Å². The first-order valence-electron chi connectivity index (χ1n) is 6.51. The van der Waals surface area contributed by atoms with Crippen LogP contribution in [0.25, 0.3) is 0 Å². The van der Waals surface area contributed by atoms with E-state index < -0.39 is 0 Å². The Morgan fingerprint density at radius 1 is 1.16 bits per heavy atom. The van der Waals surface area contributed by atoms with Gasteiger partial charge in [0.15, 0.2) is 0 Å². The number of halogens is 2. The van der Waals surface area contributed by atoms with Gasteiger partial charge in [0.05, 0.1) is 4.47 Å². The van der Waals surface area contributed by atoms with Crippen molar-refractivity contribution in [2.45, 2.75) is 25.3 Å². The second-order valence-corrected chi connectivity index (χ2v) is 5.81. The van der Waals surface area contributed by atoms with Crippen molar-refractivity contribution < 1.29 is 4.39 Å². The zero-order chi connectivity index (χ0) is 13.2. The van der Waals surface area contributed by atoms with Crippen LogP contribution in [0.3, 0.4) is 0 Å². The van der Waals surface area contributed by atoms with Crippen LogP contribution < -0.4 is 5.32 Å². The molecule has 98 valence electrons. The lowest BCUT2D eigenvalue weighted by atomic mass is 10.0. The maximum Gasteiger partial charge on any atom is 0.137 e. The molecule has 3 rings (SSSR count). The first-order chi connectivity index (χ1) is 9.24. The highest BCUT2D eigenvalue weighted by Gasteiger charge is 2.25. The van der Waals surface area contributed by atoms with Gasteiger partial charge in [0.1, 0.15) is 5.82 Å². The molecule has 0 radical (unpaired) electrons. The van der Waals surface area contributed by atoms with Crippen molar-refractivity contribution in [3.05, 3.63) is 63.9 Å². The third kappa shape index (κ3) is 2.98. The molecular formula is C16H15BrFN. The van der Waals surface area contributed by atoms with Crippen molar-refractivity contribution in [1.82, 2.24) is 0 Å². The number of benzene rings is 2. The monoisotopic (exact) mass is 319 g/mol. The van der Waals surface area contributed by atoms with Crippen molar-refractivity contribution in [3.63, 3.8) is 0 Å². The van der Waals surface area contributed by atoms with E-state index in [1.165, 1.54) is 30.0 Å². The molecule has 2 aromatic rings. The Morgan fingerprint density at radius 3 is 2.68 bits per heavy atom. The molecular weight excluding hydrogens is 305 g/mol. The van der Waals surface area contributed by atoms with Gasteiger partial charge in [-0.25, -0.2) is 4.39 Å². The normalized spacial score (nSPS) is 14.4. The Morgan fingerprint density at radius 2 is 1.95 bits per heavy atom. The van der Waals surface area contributed by atoms with Gasteiger partial charge in [-0.3, -0.25) is 0 Å². The van der Waals surface area contributed by atoms with E-state index in [0.717, 1.165) is 18.2 Å². The zero-order valence-corrected chi connectivity index (χ0v) is 12.1. The molecule has 3 heteroatoms. The summed E-state index contributed by atoms with van der Waals surface area (Å²) in [5, 5.41) is 3.36. The van der Waals surface area contributed by atoms with E-state index in [1.807, 2.05) is 0 Å². The molecule has 0 aromatic heterocycles. The van der Waals surface area contributed by atoms with Crippen LogP contribution in [0.5, 0.6) is 0 Å². The second kappa shape index (κ2) is 5.33. The summed E-state index contributed by atoms with van der Waals surface area (Å²) in [5.41, 5.74) is 3.72. The van der Waals surface area contributed by atoms with Crippen molar-refractivity contribution in [2.24, 2.45) is 0 Å². The van der Waals surface area contributed by atoms with E-state index in [1.54, 1.807) is 12.1 Å². The van der Waals surface area contributed by atoms with E-state index in [4.69, 9.17) is 0 Å². The lowest BCUT2D eigenvalue weighted by Gasteiger charge is -2.11. The minimum absolute atomic E-state index is 0.232. The molecule has 2 aromatic carbocycles. The van der Waals surface area contributed by atoms with Crippen LogP contribution in [0.4, 0.5) is 10.1 Å². The van der Waals surface area contributed by atoms with E-state index >= 15 is 0 Å². The summed E-state index contributed by atoms with van der Waals surface area (Å²) in [6.45, 7) is 0.782. The molecule has 0 atom stereocenters. The fourth-order valence-electron chi connectivity index (χ4n) is 2.29. The third-order valence-electron chi connectivity index (χ3n) is 3.47. The molecule has 1 saturated carbocycles. The van der Waals surface area contributed by atoms with Gasteiger partial charge in [-0.15, -0.1) is 0 Å². The number of hydrogen-bond acceptors (Lipinski definition) is 1. The van der Waals surface area contributed by atoms with Gasteiger partial charge in [0, 0.05) is 12.2 Å². The van der Waals surface area contributed by atoms with Crippen LogP contribution in [0.1, 0.15) is 29.9 Å². The summed E-state index contributed by atoms with van der Waals surface area (Å²) in [4.78, 5) is 0. The Kier molecular flexibility index (Phi) is 3.56. The largest absolute Gasteiger partial charge is 0.381 e. The summed E-state index contributed by atoms with van der Waals surface area (Å²) in [7, 11) is 0. The van der Waals surface area contributed by atoms with Crippen LogP contribution in [-0.4, -0.2) is 0 Å². The minimum Gasteiger partial charge on any atom is -0.381 e. The van der Waals surface area contributed by atoms with Crippen molar-refractivity contribution in [3.8, 4) is 0 Å². The number of rotatable bonds is 4. The lowest BCUT2D eigenvalue weighted by molar-refractivity contribution is 0.621. The molecule has 1 aliphatic carbocycles. The summed E-state index contributed by atoms with van der Waals surface area (Å²) in [6, 6.07) is 13.6. The molecule has 0 amide bonds. The van der Waals surface area contributed by atoms with E-state index in [0.29, 0.717) is 4.47 Å². The average molecular weight is 320 g/mol. The van der Waals surface area contributed by atoms with Gasteiger partial charge in [0.25, 0.3) is 0 Å². The van der Waals surface area contributed by atoms with E-state index in [-0.39, 0.29) is 5.82 Å². The van der Waals surface area contributed by atoms with Crippen LogP contribution in [0, 0.1) is 5.82 Å². The Hall–Kier alpha value is -1.35. The van der Waals surface area contributed by atoms with Crippen molar-refractivity contribution >= 4 is 21.6 Å². The van der Waals surface area contributed by atoms with Crippen molar-refractivity contribution in [2.75, 3.05) is 5.32 Å². The molecule has 0 heterocycles. The van der Waals surface area contributed by atoms with E-state index in [2.05, 4.69) is 45.5 Å². The van der Waals surface area contributed by atoms with Crippen LogP contribution in [-0.2, 0) is 6.54 Å². The topological polar surface area (TPSA) is 12.0 Å². The average Bonchev–Trinajstić information content (AvgIpc) is 3.25. The van der Waals surface area contributed by atoms with Gasteiger partial charge in [-0.05, 0) is 64.0 Å². The highest BCUT2D eigenvalue weighted by atomic mass is 79.9. The van der Waals surface area contributed by atoms with Gasteiger partial charge in [-0.1, -0.05) is 24.3 Å². The molecule has 1 N–H and O–H groups in total. The van der Waals surface area contributed by atoms with Crippen LogP contribution >= 0.6 is 15.9 Å². The number of nitrogens with one attached hydrogen (secondary N) is 1. The summed E-state index contributed by atoms with van der Waals surface area (Å²) >= 11 is 3.20. The molecule has 0 saturated heterocycles. The molecule has 1 nitrogen and oxygen atoms in total. The summed E-state index contributed by atoms with van der Waals surface area (Å²) < 4.78 is 13.7. The molecule has 19 heavy (non-hydrogen) atoms. The summed E-state index contributed by atoms with van der Waals surface area (Å²) in [6.07, 6.45) is 2.61. The quantitative estimate of drug-likeness (QED) is 0.828. The van der Waals surface area contributed by atoms with Gasteiger partial charge < -0.3 is 5.32 Å². The van der Waals surface area contributed by atoms with Crippen molar-refractivity contribution in [1.29, 1.82) is 0 Å². The predicted molar refractivity (Wildman–Crippen MR) is 79.8 cm³/mol. The smallest absolute Gasteiger partial charge is 0.137 e. The standard InChI is InChI=1S/C16H15BrFN/c17-15-9-13(7-8-16(15)18)19-10-12-3-1-2-4-14(12)11-5-6-11/h1-4,7-9,11,19H,5-6,10H2. The number of anilines is 1. The highest BCUT2D eigenvalue weighted by Crippen LogP contribution is 2.41. The summed E-state index contributed by atoms with van der Waals surface area (Å²) in [5.74, 6) is 0.516. The lowest BCUT2D eigenvalue weighted by Crippen LogP contribution is -2.02. The minimum atomic E-state index is -0.232. The Labute approximate surface area is 121 Å². The molecule has 0 aliphatic heterocycles. The predicted octanol–water partition coefficient (Wildman–Crippen LogP) is 5.08. The first kappa shape index (κ1) is 12.7. The Balaban J connectivity index is 1.73. The number of hydrogen-bond donors (Lipinski definition) is 1. The molecule has 0 bridgehead atoms. The Bertz CT molecular complexity index is 593. The second-order valence-electron chi connectivity index (χ2n) is 4.96. The maximum atomic E-state index is 13.2. The zero-order valence-electron chi connectivity index (χ0n) is 10.5. The molecule has 1 fully saturated rings. The van der Waals surface area contributed by atoms with Crippen LogP contribution in [0.15, 0.2) is 46.9 Å². The molecule has 0 unspecified atom stereocenters. The van der Waals surface area contributed by atoms with Gasteiger partial charge in [-0.2, -0.15) is 0 Å². The van der Waals surface area contributed by atoms with Gasteiger partial charge >= 0.3 is 0 Å². The van der Waals surface area contributed by atoms with E-state index in [9.17, 15) is 4.39 Å².